The highest BCUT2D eigenvalue weighted by Gasteiger charge is 2.38. The molecule has 1 saturated heterocycles. The maximum Gasteiger partial charge on any atom is 0.308 e. The molecular formula is C16H16FNO3S. The van der Waals surface area contributed by atoms with Crippen LogP contribution in [0, 0.1) is 24.6 Å². The number of carboxylic acid groups (broad SMARTS) is 1. The third-order valence-electron chi connectivity index (χ3n) is 4.31. The number of halogens is 1. The molecule has 1 aliphatic heterocycles. The Kier molecular flexibility index (Phi) is 3.64. The Balaban J connectivity index is 1.93. The summed E-state index contributed by atoms with van der Waals surface area (Å²) in [6.07, 6.45) is 0. The number of aliphatic carboxylic acids is 1. The Bertz CT molecular complexity index is 770. The van der Waals surface area contributed by atoms with Gasteiger partial charge >= 0.3 is 5.97 Å². The van der Waals surface area contributed by atoms with Crippen LogP contribution in [-0.2, 0) is 4.79 Å². The van der Waals surface area contributed by atoms with Crippen LogP contribution in [0.4, 0.5) is 4.39 Å². The van der Waals surface area contributed by atoms with Crippen LogP contribution in [0.2, 0.25) is 0 Å². The van der Waals surface area contributed by atoms with Crippen molar-refractivity contribution in [3.8, 4) is 0 Å². The summed E-state index contributed by atoms with van der Waals surface area (Å²) in [5.41, 5.74) is 0.830. The van der Waals surface area contributed by atoms with E-state index in [1.165, 1.54) is 23.5 Å². The number of hydrogen-bond donors (Lipinski definition) is 1. The number of fused-ring (bicyclic) bond motifs is 1. The Morgan fingerprint density at radius 2 is 2.09 bits per heavy atom. The summed E-state index contributed by atoms with van der Waals surface area (Å²) in [7, 11) is 0. The van der Waals surface area contributed by atoms with E-state index in [1.54, 1.807) is 11.0 Å². The molecule has 4 nitrogen and oxygen atoms in total. The van der Waals surface area contributed by atoms with Crippen LogP contribution in [-0.4, -0.2) is 35.0 Å². The molecule has 116 valence electrons. The third-order valence-corrected chi connectivity index (χ3v) is 5.55. The fraction of sp³-hybridized carbons (Fsp3) is 0.375. The molecule has 0 saturated carbocycles. The standard InChI is InChI=1S/C16H16FNO3S/c1-8-6-18(7-12(8)16(20)21)15(19)14-9(2)11-4-3-10(17)5-13(11)22-14/h3-5,8,12H,6-7H2,1-2H3,(H,20,21)/t8-,12-/m1/s1. The number of benzene rings is 1. The highest BCUT2D eigenvalue weighted by molar-refractivity contribution is 7.21. The lowest BCUT2D eigenvalue weighted by molar-refractivity contribution is -0.142. The van der Waals surface area contributed by atoms with Gasteiger partial charge in [-0.3, -0.25) is 9.59 Å². The fourth-order valence-electron chi connectivity index (χ4n) is 3.00. The van der Waals surface area contributed by atoms with Gasteiger partial charge in [0.05, 0.1) is 10.8 Å². The molecule has 0 unspecified atom stereocenters. The number of likely N-dealkylation sites (tertiary alicyclic amines) is 1. The molecule has 1 aliphatic rings. The van der Waals surface area contributed by atoms with Crippen LogP contribution >= 0.6 is 11.3 Å². The molecule has 2 aromatic rings. The number of carbonyl (C=O) groups is 2. The van der Waals surface area contributed by atoms with Gasteiger partial charge in [-0.05, 0) is 35.9 Å². The quantitative estimate of drug-likeness (QED) is 0.924. The number of carboxylic acids is 1. The van der Waals surface area contributed by atoms with Gasteiger partial charge in [0.1, 0.15) is 5.82 Å². The van der Waals surface area contributed by atoms with Crippen molar-refractivity contribution >= 4 is 33.3 Å². The predicted molar refractivity (Wildman–Crippen MR) is 82.7 cm³/mol. The number of thiophene rings is 1. The largest absolute Gasteiger partial charge is 0.481 e. The van der Waals surface area contributed by atoms with Crippen LogP contribution in [0.3, 0.4) is 0 Å². The Labute approximate surface area is 131 Å². The van der Waals surface area contributed by atoms with E-state index in [2.05, 4.69) is 0 Å². The minimum Gasteiger partial charge on any atom is -0.481 e. The zero-order valence-electron chi connectivity index (χ0n) is 12.3. The summed E-state index contributed by atoms with van der Waals surface area (Å²) < 4.78 is 14.1. The molecular weight excluding hydrogens is 305 g/mol. The third kappa shape index (κ3) is 2.37. The molecule has 1 aromatic heterocycles. The number of carbonyl (C=O) groups excluding carboxylic acids is 1. The van der Waals surface area contributed by atoms with Crippen molar-refractivity contribution in [2.75, 3.05) is 13.1 Å². The van der Waals surface area contributed by atoms with Gasteiger partial charge < -0.3 is 10.0 Å². The highest BCUT2D eigenvalue weighted by Crippen LogP contribution is 2.34. The summed E-state index contributed by atoms with van der Waals surface area (Å²) >= 11 is 1.27. The van der Waals surface area contributed by atoms with Gasteiger partial charge in [-0.1, -0.05) is 13.0 Å². The van der Waals surface area contributed by atoms with Crippen molar-refractivity contribution in [3.63, 3.8) is 0 Å². The van der Waals surface area contributed by atoms with Gasteiger partial charge in [0, 0.05) is 17.8 Å². The van der Waals surface area contributed by atoms with Gasteiger partial charge in [0.2, 0.25) is 0 Å². The molecule has 6 heteroatoms. The van der Waals surface area contributed by atoms with E-state index in [9.17, 15) is 19.1 Å². The van der Waals surface area contributed by atoms with Crippen molar-refractivity contribution < 1.29 is 19.1 Å². The van der Waals surface area contributed by atoms with E-state index in [0.717, 1.165) is 15.6 Å². The van der Waals surface area contributed by atoms with Crippen molar-refractivity contribution in [1.82, 2.24) is 4.90 Å². The first-order chi connectivity index (χ1) is 10.4. The summed E-state index contributed by atoms with van der Waals surface area (Å²) in [6, 6.07) is 4.49. The molecule has 3 rings (SSSR count). The monoisotopic (exact) mass is 321 g/mol. The minimum absolute atomic E-state index is 0.0615. The predicted octanol–water partition coefficient (Wildman–Crippen LogP) is 3.14. The van der Waals surface area contributed by atoms with Gasteiger partial charge in [-0.15, -0.1) is 11.3 Å². The lowest BCUT2D eigenvalue weighted by Gasteiger charge is -2.15. The summed E-state index contributed by atoms with van der Waals surface area (Å²) in [5, 5.41) is 10.0. The van der Waals surface area contributed by atoms with E-state index in [0.29, 0.717) is 11.4 Å². The molecule has 1 fully saturated rings. The van der Waals surface area contributed by atoms with E-state index in [1.807, 2.05) is 13.8 Å². The summed E-state index contributed by atoms with van der Waals surface area (Å²) in [6.45, 7) is 4.37. The molecule has 22 heavy (non-hydrogen) atoms. The molecule has 2 atom stereocenters. The van der Waals surface area contributed by atoms with Crippen molar-refractivity contribution in [1.29, 1.82) is 0 Å². The zero-order valence-corrected chi connectivity index (χ0v) is 13.1. The van der Waals surface area contributed by atoms with Crippen LogP contribution in [0.1, 0.15) is 22.2 Å². The van der Waals surface area contributed by atoms with Gasteiger partial charge in [-0.25, -0.2) is 4.39 Å². The smallest absolute Gasteiger partial charge is 0.308 e. The topological polar surface area (TPSA) is 57.6 Å². The first kappa shape index (κ1) is 15.0. The van der Waals surface area contributed by atoms with Crippen LogP contribution in [0.5, 0.6) is 0 Å². The van der Waals surface area contributed by atoms with E-state index >= 15 is 0 Å². The first-order valence-corrected chi connectivity index (χ1v) is 7.91. The molecule has 0 bridgehead atoms. The average molecular weight is 321 g/mol. The second-order valence-electron chi connectivity index (χ2n) is 5.83. The van der Waals surface area contributed by atoms with Gasteiger partial charge in [0.15, 0.2) is 0 Å². The maximum atomic E-state index is 13.3. The van der Waals surface area contributed by atoms with Crippen LogP contribution in [0.25, 0.3) is 10.1 Å². The lowest BCUT2D eigenvalue weighted by atomic mass is 9.99. The SMILES string of the molecule is Cc1c(C(=O)N2C[C@@H](C)[C@H](C(=O)O)C2)sc2cc(F)ccc12. The van der Waals surface area contributed by atoms with Gasteiger partial charge in [-0.2, -0.15) is 0 Å². The number of hydrogen-bond acceptors (Lipinski definition) is 3. The Morgan fingerprint density at radius 1 is 1.36 bits per heavy atom. The first-order valence-electron chi connectivity index (χ1n) is 7.09. The number of amides is 1. The number of aryl methyl sites for hydroxylation is 1. The second-order valence-corrected chi connectivity index (χ2v) is 6.88. The van der Waals surface area contributed by atoms with Crippen LogP contribution in [0.15, 0.2) is 18.2 Å². The van der Waals surface area contributed by atoms with E-state index < -0.39 is 11.9 Å². The molecule has 1 amide bonds. The zero-order chi connectivity index (χ0) is 16.0. The molecule has 0 aliphatic carbocycles. The van der Waals surface area contributed by atoms with E-state index in [-0.39, 0.29) is 24.2 Å². The minimum atomic E-state index is -0.863. The summed E-state index contributed by atoms with van der Waals surface area (Å²) in [4.78, 5) is 26.0. The lowest BCUT2D eigenvalue weighted by Crippen LogP contribution is -2.29. The molecule has 2 heterocycles. The maximum absolute atomic E-state index is 13.3. The van der Waals surface area contributed by atoms with Gasteiger partial charge in [0.25, 0.3) is 5.91 Å². The van der Waals surface area contributed by atoms with Crippen molar-refractivity contribution in [2.45, 2.75) is 13.8 Å². The Morgan fingerprint density at radius 3 is 2.73 bits per heavy atom. The molecule has 0 spiro atoms. The normalized spacial score (nSPS) is 21.5. The fourth-order valence-corrected chi connectivity index (χ4v) is 4.20. The number of nitrogens with zero attached hydrogens (tertiary/aromatic N) is 1. The molecule has 1 aromatic carbocycles. The van der Waals surface area contributed by atoms with E-state index in [4.69, 9.17) is 0 Å². The number of rotatable bonds is 2. The Hall–Kier alpha value is -1.95. The van der Waals surface area contributed by atoms with Crippen molar-refractivity contribution in [3.05, 3.63) is 34.5 Å². The summed E-state index contributed by atoms with van der Waals surface area (Å²) in [5.74, 6) is -1.93. The van der Waals surface area contributed by atoms with Crippen LogP contribution < -0.4 is 0 Å². The average Bonchev–Trinajstić information content (AvgIpc) is 2.99. The molecule has 0 radical (unpaired) electrons. The molecule has 1 N–H and O–H groups in total. The highest BCUT2D eigenvalue weighted by atomic mass is 32.1. The second kappa shape index (κ2) is 5.35. The van der Waals surface area contributed by atoms with Crippen molar-refractivity contribution in [2.24, 2.45) is 11.8 Å².